The normalized spacial score (nSPS) is 11.6. The number of amides is 2. The number of nitrogens with one attached hydrogen (secondary N) is 2. The Morgan fingerprint density at radius 2 is 1.88 bits per heavy atom. The molecule has 0 saturated carbocycles. The number of halogens is 1. The molecule has 0 aliphatic heterocycles. The molecule has 6 heteroatoms. The maximum atomic E-state index is 12.5. The zero-order chi connectivity index (χ0) is 12.1. The molecular formula is C10H11FN2O3. The lowest BCUT2D eigenvalue weighted by Gasteiger charge is -2.10. The van der Waals surface area contributed by atoms with Crippen LogP contribution >= 0.6 is 0 Å². The van der Waals surface area contributed by atoms with Gasteiger partial charge in [-0.3, -0.25) is 4.79 Å². The summed E-state index contributed by atoms with van der Waals surface area (Å²) in [6, 6.07) is 3.50. The molecule has 2 amide bonds. The highest BCUT2D eigenvalue weighted by molar-refractivity contribution is 5.92. The first-order chi connectivity index (χ1) is 7.49. The quantitative estimate of drug-likeness (QED) is 0.729. The van der Waals surface area contributed by atoms with Crippen LogP contribution < -0.4 is 10.6 Å². The van der Waals surface area contributed by atoms with Crippen molar-refractivity contribution in [3.63, 3.8) is 0 Å². The maximum Gasteiger partial charge on any atom is 0.325 e. The third-order valence-corrected chi connectivity index (χ3v) is 1.82. The molecule has 86 valence electrons. The van der Waals surface area contributed by atoms with Crippen molar-refractivity contribution >= 4 is 17.7 Å². The molecule has 0 fully saturated rings. The summed E-state index contributed by atoms with van der Waals surface area (Å²) in [5, 5.41) is 13.1. The van der Waals surface area contributed by atoms with Crippen molar-refractivity contribution in [1.29, 1.82) is 0 Å². The molecule has 16 heavy (non-hydrogen) atoms. The number of benzene rings is 1. The topological polar surface area (TPSA) is 78.4 Å². The summed E-state index contributed by atoms with van der Waals surface area (Å²) < 4.78 is 12.5. The van der Waals surface area contributed by atoms with Crippen LogP contribution in [0.3, 0.4) is 0 Å². The second kappa shape index (κ2) is 5.11. The first-order valence-corrected chi connectivity index (χ1v) is 4.55. The SMILES string of the molecule is CC(NC(=O)Nc1ccc(F)cc1)C(=O)O. The molecule has 3 N–H and O–H groups in total. The van der Waals surface area contributed by atoms with Gasteiger partial charge >= 0.3 is 12.0 Å². The molecule has 1 aromatic rings. The molecule has 0 saturated heterocycles. The molecule has 1 aromatic carbocycles. The molecule has 0 bridgehead atoms. The van der Waals surface area contributed by atoms with Crippen molar-refractivity contribution < 1.29 is 19.1 Å². The lowest BCUT2D eigenvalue weighted by atomic mass is 10.3. The number of rotatable bonds is 3. The van der Waals surface area contributed by atoms with Gasteiger partial charge in [-0.25, -0.2) is 9.18 Å². The van der Waals surface area contributed by atoms with Crippen LogP contribution in [0.25, 0.3) is 0 Å². The average Bonchev–Trinajstić information content (AvgIpc) is 2.21. The van der Waals surface area contributed by atoms with E-state index in [0.29, 0.717) is 5.69 Å². The van der Waals surface area contributed by atoms with Gasteiger partial charge in [0.1, 0.15) is 11.9 Å². The molecule has 0 heterocycles. The molecule has 5 nitrogen and oxygen atoms in total. The number of urea groups is 1. The number of hydrogen-bond acceptors (Lipinski definition) is 2. The Bertz CT molecular complexity index is 392. The summed E-state index contributed by atoms with van der Waals surface area (Å²) in [6.45, 7) is 1.34. The van der Waals surface area contributed by atoms with Crippen LogP contribution in [-0.2, 0) is 4.79 Å². The maximum absolute atomic E-state index is 12.5. The number of carbonyl (C=O) groups excluding carboxylic acids is 1. The summed E-state index contributed by atoms with van der Waals surface area (Å²) in [7, 11) is 0. The number of carbonyl (C=O) groups is 2. The number of hydrogen-bond donors (Lipinski definition) is 3. The predicted molar refractivity (Wildman–Crippen MR) is 55.7 cm³/mol. The number of aliphatic carboxylic acids is 1. The van der Waals surface area contributed by atoms with Crippen molar-refractivity contribution in [3.8, 4) is 0 Å². The van der Waals surface area contributed by atoms with Crippen molar-refractivity contribution in [3.05, 3.63) is 30.1 Å². The van der Waals surface area contributed by atoms with Gasteiger partial charge in [0.05, 0.1) is 0 Å². The van der Waals surface area contributed by atoms with Crippen LogP contribution in [-0.4, -0.2) is 23.1 Å². The molecule has 1 atom stereocenters. The zero-order valence-corrected chi connectivity index (χ0v) is 8.53. The Balaban J connectivity index is 2.52. The fraction of sp³-hybridized carbons (Fsp3) is 0.200. The van der Waals surface area contributed by atoms with E-state index in [9.17, 15) is 14.0 Å². The van der Waals surface area contributed by atoms with Gasteiger partial charge in [0, 0.05) is 5.69 Å². The summed E-state index contributed by atoms with van der Waals surface area (Å²) in [5.74, 6) is -1.54. The van der Waals surface area contributed by atoms with E-state index < -0.39 is 23.9 Å². The summed E-state index contributed by atoms with van der Waals surface area (Å²) in [5.41, 5.74) is 0.386. The smallest absolute Gasteiger partial charge is 0.325 e. The number of carboxylic acids is 1. The summed E-state index contributed by atoms with van der Waals surface area (Å²) in [6.07, 6.45) is 0. The predicted octanol–water partition coefficient (Wildman–Crippen LogP) is 1.42. The Morgan fingerprint density at radius 3 is 2.38 bits per heavy atom. The van der Waals surface area contributed by atoms with Crippen LogP contribution in [0, 0.1) is 5.82 Å². The van der Waals surface area contributed by atoms with E-state index in [1.165, 1.54) is 31.2 Å². The van der Waals surface area contributed by atoms with Crippen molar-refractivity contribution in [2.75, 3.05) is 5.32 Å². The average molecular weight is 226 g/mol. The molecule has 0 aromatic heterocycles. The van der Waals surface area contributed by atoms with Crippen LogP contribution in [0.2, 0.25) is 0 Å². The summed E-state index contributed by atoms with van der Waals surface area (Å²) in [4.78, 5) is 21.7. The van der Waals surface area contributed by atoms with Crippen molar-refractivity contribution in [2.24, 2.45) is 0 Å². The Kier molecular flexibility index (Phi) is 3.82. The van der Waals surface area contributed by atoms with E-state index in [-0.39, 0.29) is 0 Å². The number of carboxylic acid groups (broad SMARTS) is 1. The minimum Gasteiger partial charge on any atom is -0.480 e. The lowest BCUT2D eigenvalue weighted by molar-refractivity contribution is -0.138. The largest absolute Gasteiger partial charge is 0.480 e. The van der Waals surface area contributed by atoms with E-state index in [2.05, 4.69) is 10.6 Å². The molecule has 1 rings (SSSR count). The van der Waals surface area contributed by atoms with Gasteiger partial charge in [0.25, 0.3) is 0 Å². The lowest BCUT2D eigenvalue weighted by Crippen LogP contribution is -2.40. The highest BCUT2D eigenvalue weighted by atomic mass is 19.1. The van der Waals surface area contributed by atoms with Crippen LogP contribution in [0.5, 0.6) is 0 Å². The fourth-order valence-corrected chi connectivity index (χ4v) is 0.959. The van der Waals surface area contributed by atoms with Gasteiger partial charge in [0.15, 0.2) is 0 Å². The van der Waals surface area contributed by atoms with E-state index in [0.717, 1.165) is 0 Å². The molecule has 0 spiro atoms. The molecular weight excluding hydrogens is 215 g/mol. The molecule has 0 aliphatic rings. The third-order valence-electron chi connectivity index (χ3n) is 1.82. The Hall–Kier alpha value is -2.11. The molecule has 0 radical (unpaired) electrons. The van der Waals surface area contributed by atoms with Crippen molar-refractivity contribution in [1.82, 2.24) is 5.32 Å². The summed E-state index contributed by atoms with van der Waals surface area (Å²) >= 11 is 0. The zero-order valence-electron chi connectivity index (χ0n) is 8.53. The van der Waals surface area contributed by atoms with Gasteiger partial charge in [-0.2, -0.15) is 0 Å². The first-order valence-electron chi connectivity index (χ1n) is 4.55. The van der Waals surface area contributed by atoms with E-state index in [4.69, 9.17) is 5.11 Å². The van der Waals surface area contributed by atoms with Gasteiger partial charge < -0.3 is 15.7 Å². The highest BCUT2D eigenvalue weighted by Gasteiger charge is 2.13. The standard InChI is InChI=1S/C10H11FN2O3/c1-6(9(14)15)12-10(16)13-8-4-2-7(11)3-5-8/h2-6H,1H3,(H,14,15)(H2,12,13,16). The third kappa shape index (κ3) is 3.56. The monoisotopic (exact) mass is 226 g/mol. The van der Waals surface area contributed by atoms with Crippen LogP contribution in [0.4, 0.5) is 14.9 Å². The Morgan fingerprint density at radius 1 is 1.31 bits per heavy atom. The van der Waals surface area contributed by atoms with E-state index in [1.54, 1.807) is 0 Å². The van der Waals surface area contributed by atoms with E-state index in [1.807, 2.05) is 0 Å². The van der Waals surface area contributed by atoms with Gasteiger partial charge in [-0.15, -0.1) is 0 Å². The second-order valence-electron chi connectivity index (χ2n) is 3.17. The van der Waals surface area contributed by atoms with Gasteiger partial charge in [0.2, 0.25) is 0 Å². The Labute approximate surface area is 91.3 Å². The molecule has 1 unspecified atom stereocenters. The number of anilines is 1. The second-order valence-corrected chi connectivity index (χ2v) is 3.17. The van der Waals surface area contributed by atoms with Gasteiger partial charge in [-0.05, 0) is 31.2 Å². The van der Waals surface area contributed by atoms with E-state index >= 15 is 0 Å². The minimum atomic E-state index is -1.13. The minimum absolute atomic E-state index is 0.386. The van der Waals surface area contributed by atoms with Crippen molar-refractivity contribution in [2.45, 2.75) is 13.0 Å². The highest BCUT2D eigenvalue weighted by Crippen LogP contribution is 2.07. The fourth-order valence-electron chi connectivity index (χ4n) is 0.959. The van der Waals surface area contributed by atoms with Crippen LogP contribution in [0.15, 0.2) is 24.3 Å². The molecule has 0 aliphatic carbocycles. The van der Waals surface area contributed by atoms with Crippen LogP contribution in [0.1, 0.15) is 6.92 Å². The first kappa shape index (κ1) is 12.0. The van der Waals surface area contributed by atoms with Gasteiger partial charge in [-0.1, -0.05) is 0 Å².